The van der Waals surface area contributed by atoms with Crippen molar-refractivity contribution in [2.24, 2.45) is 17.6 Å². The Labute approximate surface area is 91.8 Å². The quantitative estimate of drug-likeness (QED) is 0.739. The van der Waals surface area contributed by atoms with Crippen LogP contribution in [0.5, 0.6) is 0 Å². The van der Waals surface area contributed by atoms with E-state index in [0.717, 1.165) is 11.8 Å². The van der Waals surface area contributed by atoms with Crippen molar-refractivity contribution in [2.75, 3.05) is 19.6 Å². The summed E-state index contributed by atoms with van der Waals surface area (Å²) in [6.45, 7) is 3.58. The first-order valence-corrected chi connectivity index (χ1v) is 6.18. The Kier molecular flexibility index (Phi) is 2.41. The molecule has 2 aliphatic carbocycles. The number of hydrogen-bond donors (Lipinski definition) is 1. The average Bonchev–Trinajstić information content (AvgIpc) is 3.01. The summed E-state index contributed by atoms with van der Waals surface area (Å²) < 4.78 is 0. The van der Waals surface area contributed by atoms with Gasteiger partial charge in [-0.1, -0.05) is 23.8 Å². The molecule has 0 amide bonds. The Morgan fingerprint density at radius 3 is 2.93 bits per heavy atom. The summed E-state index contributed by atoms with van der Waals surface area (Å²) in [6, 6.07) is 0.454. The maximum atomic E-state index is 5.91. The minimum absolute atomic E-state index is 0.454. The lowest BCUT2D eigenvalue weighted by atomic mass is 10.0. The molecule has 2 atom stereocenters. The fourth-order valence-corrected chi connectivity index (χ4v) is 2.84. The average molecular weight is 204 g/mol. The molecule has 0 radical (unpaired) electrons. The highest BCUT2D eigenvalue weighted by molar-refractivity contribution is 5.31. The number of likely N-dealkylation sites (tertiary alicyclic amines) is 1. The third-order valence-electron chi connectivity index (χ3n) is 4.02. The van der Waals surface area contributed by atoms with Crippen LogP contribution in [0, 0.1) is 11.8 Å². The summed E-state index contributed by atoms with van der Waals surface area (Å²) in [5.74, 6) is 1.78. The van der Waals surface area contributed by atoms with Crippen LogP contribution in [0.25, 0.3) is 0 Å². The first-order chi connectivity index (χ1) is 7.33. The van der Waals surface area contributed by atoms with Crippen LogP contribution in [0.4, 0.5) is 0 Å². The van der Waals surface area contributed by atoms with Crippen molar-refractivity contribution >= 4 is 0 Å². The SMILES string of the molecule is NC1CCN(CC2=CC=CC3CC23)CC1. The van der Waals surface area contributed by atoms with E-state index in [4.69, 9.17) is 5.73 Å². The second-order valence-corrected chi connectivity index (χ2v) is 5.25. The summed E-state index contributed by atoms with van der Waals surface area (Å²) >= 11 is 0. The molecule has 0 bridgehead atoms. The summed E-state index contributed by atoms with van der Waals surface area (Å²) in [5.41, 5.74) is 7.58. The van der Waals surface area contributed by atoms with Gasteiger partial charge in [0.25, 0.3) is 0 Å². The van der Waals surface area contributed by atoms with Crippen LogP contribution in [0.1, 0.15) is 19.3 Å². The smallest absolute Gasteiger partial charge is 0.0199 e. The highest BCUT2D eigenvalue weighted by Crippen LogP contribution is 2.47. The standard InChI is InChI=1S/C13H20N2/c14-12-4-6-15(7-5-12)9-11-3-1-2-10-8-13(10)11/h1-3,10,12-13H,4-9,14H2. The molecule has 2 N–H and O–H groups in total. The molecule has 3 aliphatic rings. The number of rotatable bonds is 2. The van der Waals surface area contributed by atoms with Gasteiger partial charge in [0.2, 0.25) is 0 Å². The number of hydrogen-bond acceptors (Lipinski definition) is 2. The van der Waals surface area contributed by atoms with Crippen LogP contribution in [-0.4, -0.2) is 30.6 Å². The zero-order valence-corrected chi connectivity index (χ0v) is 9.23. The lowest BCUT2D eigenvalue weighted by Gasteiger charge is -2.31. The van der Waals surface area contributed by atoms with Crippen molar-refractivity contribution in [3.63, 3.8) is 0 Å². The predicted molar refractivity (Wildman–Crippen MR) is 62.5 cm³/mol. The van der Waals surface area contributed by atoms with Gasteiger partial charge in [-0.2, -0.15) is 0 Å². The molecule has 0 aromatic carbocycles. The molecule has 2 unspecified atom stereocenters. The Morgan fingerprint density at radius 2 is 2.13 bits per heavy atom. The van der Waals surface area contributed by atoms with Gasteiger partial charge in [-0.25, -0.2) is 0 Å². The van der Waals surface area contributed by atoms with Crippen molar-refractivity contribution in [1.82, 2.24) is 4.90 Å². The van der Waals surface area contributed by atoms with Gasteiger partial charge in [0.15, 0.2) is 0 Å². The van der Waals surface area contributed by atoms with Crippen molar-refractivity contribution in [1.29, 1.82) is 0 Å². The summed E-state index contributed by atoms with van der Waals surface area (Å²) in [7, 11) is 0. The van der Waals surface area contributed by atoms with Gasteiger partial charge in [0.05, 0.1) is 0 Å². The lowest BCUT2D eigenvalue weighted by Crippen LogP contribution is -2.40. The van der Waals surface area contributed by atoms with Crippen LogP contribution in [0.3, 0.4) is 0 Å². The van der Waals surface area contributed by atoms with Crippen LogP contribution in [-0.2, 0) is 0 Å². The number of nitrogens with zero attached hydrogens (tertiary/aromatic N) is 1. The Balaban J connectivity index is 1.57. The number of fused-ring (bicyclic) bond motifs is 1. The van der Waals surface area contributed by atoms with Gasteiger partial charge in [-0.3, -0.25) is 4.90 Å². The van der Waals surface area contributed by atoms with Crippen molar-refractivity contribution < 1.29 is 0 Å². The van der Waals surface area contributed by atoms with Gasteiger partial charge in [-0.15, -0.1) is 0 Å². The molecule has 0 spiro atoms. The first kappa shape index (κ1) is 9.61. The molecule has 82 valence electrons. The lowest BCUT2D eigenvalue weighted by molar-refractivity contribution is 0.226. The molecule has 0 aromatic heterocycles. The van der Waals surface area contributed by atoms with E-state index in [1.165, 1.54) is 38.9 Å². The molecule has 0 aromatic rings. The second-order valence-electron chi connectivity index (χ2n) is 5.25. The molecule has 2 heteroatoms. The van der Waals surface area contributed by atoms with E-state index in [2.05, 4.69) is 23.1 Å². The van der Waals surface area contributed by atoms with Crippen molar-refractivity contribution in [3.8, 4) is 0 Å². The summed E-state index contributed by atoms with van der Waals surface area (Å²) in [5, 5.41) is 0. The van der Waals surface area contributed by atoms with E-state index in [-0.39, 0.29) is 0 Å². The van der Waals surface area contributed by atoms with E-state index in [1.807, 2.05) is 0 Å². The molecule has 1 aliphatic heterocycles. The molecule has 1 saturated heterocycles. The maximum absolute atomic E-state index is 5.91. The van der Waals surface area contributed by atoms with Gasteiger partial charge >= 0.3 is 0 Å². The van der Waals surface area contributed by atoms with Crippen molar-refractivity contribution in [2.45, 2.75) is 25.3 Å². The molecular formula is C13H20N2. The fourth-order valence-electron chi connectivity index (χ4n) is 2.84. The van der Waals surface area contributed by atoms with E-state index in [9.17, 15) is 0 Å². The number of nitrogens with two attached hydrogens (primary N) is 1. The van der Waals surface area contributed by atoms with E-state index in [1.54, 1.807) is 5.57 Å². The van der Waals surface area contributed by atoms with E-state index < -0.39 is 0 Å². The van der Waals surface area contributed by atoms with Crippen molar-refractivity contribution in [3.05, 3.63) is 23.8 Å². The van der Waals surface area contributed by atoms with E-state index >= 15 is 0 Å². The Bertz CT molecular complexity index is 298. The third kappa shape index (κ3) is 2.01. The second kappa shape index (κ2) is 3.76. The molecule has 2 nitrogen and oxygen atoms in total. The highest BCUT2D eigenvalue weighted by Gasteiger charge is 2.39. The first-order valence-electron chi connectivity index (χ1n) is 6.18. The largest absolute Gasteiger partial charge is 0.328 e. The molecule has 2 fully saturated rings. The predicted octanol–water partition coefficient (Wildman–Crippen LogP) is 1.54. The third-order valence-corrected chi connectivity index (χ3v) is 4.02. The molecule has 3 rings (SSSR count). The molecular weight excluding hydrogens is 184 g/mol. The Hall–Kier alpha value is -0.600. The van der Waals surface area contributed by atoms with Gasteiger partial charge in [-0.05, 0) is 44.2 Å². The normalized spacial score (nSPS) is 36.2. The Morgan fingerprint density at radius 1 is 1.33 bits per heavy atom. The van der Waals surface area contributed by atoms with Gasteiger partial charge in [0, 0.05) is 12.6 Å². The summed E-state index contributed by atoms with van der Waals surface area (Å²) in [6.07, 6.45) is 10.7. The minimum Gasteiger partial charge on any atom is -0.328 e. The zero-order valence-electron chi connectivity index (χ0n) is 9.23. The number of piperidine rings is 1. The monoisotopic (exact) mass is 204 g/mol. The topological polar surface area (TPSA) is 29.3 Å². The number of allylic oxidation sites excluding steroid dienone is 3. The van der Waals surface area contributed by atoms with Gasteiger partial charge in [0.1, 0.15) is 0 Å². The minimum atomic E-state index is 0.454. The van der Waals surface area contributed by atoms with Crippen LogP contribution in [0.2, 0.25) is 0 Å². The van der Waals surface area contributed by atoms with Crippen LogP contribution < -0.4 is 5.73 Å². The summed E-state index contributed by atoms with van der Waals surface area (Å²) in [4.78, 5) is 2.57. The zero-order chi connectivity index (χ0) is 10.3. The highest BCUT2D eigenvalue weighted by atomic mass is 15.1. The van der Waals surface area contributed by atoms with Gasteiger partial charge < -0.3 is 5.73 Å². The fraction of sp³-hybridized carbons (Fsp3) is 0.692. The molecule has 15 heavy (non-hydrogen) atoms. The van der Waals surface area contributed by atoms with E-state index in [0.29, 0.717) is 6.04 Å². The van der Waals surface area contributed by atoms with Crippen LogP contribution in [0.15, 0.2) is 23.8 Å². The maximum Gasteiger partial charge on any atom is 0.0199 e. The van der Waals surface area contributed by atoms with Crippen LogP contribution >= 0.6 is 0 Å². The molecule has 1 heterocycles. The molecule has 1 saturated carbocycles.